The Morgan fingerprint density at radius 3 is 2.70 bits per heavy atom. The van der Waals surface area contributed by atoms with Crippen molar-refractivity contribution in [1.82, 2.24) is 5.32 Å². The highest BCUT2D eigenvalue weighted by Crippen LogP contribution is 2.28. The van der Waals surface area contributed by atoms with E-state index in [2.05, 4.69) is 49.2 Å². The van der Waals surface area contributed by atoms with Crippen molar-refractivity contribution in [2.75, 3.05) is 25.0 Å². The van der Waals surface area contributed by atoms with Crippen molar-refractivity contribution in [3.8, 4) is 0 Å². The van der Waals surface area contributed by atoms with Crippen molar-refractivity contribution in [2.24, 2.45) is 11.8 Å². The van der Waals surface area contributed by atoms with Crippen LogP contribution in [0.15, 0.2) is 18.2 Å². The lowest BCUT2D eigenvalue weighted by atomic mass is 9.89. The number of anilines is 1. The van der Waals surface area contributed by atoms with Crippen LogP contribution < -0.4 is 10.2 Å². The van der Waals surface area contributed by atoms with Gasteiger partial charge in [0.25, 0.3) is 0 Å². The molecule has 112 valence electrons. The summed E-state index contributed by atoms with van der Waals surface area (Å²) >= 11 is 0. The predicted octanol–water partition coefficient (Wildman–Crippen LogP) is 3.98. The van der Waals surface area contributed by atoms with E-state index in [9.17, 15) is 0 Å². The second-order valence-corrected chi connectivity index (χ2v) is 6.56. The third kappa shape index (κ3) is 3.76. The van der Waals surface area contributed by atoms with Gasteiger partial charge >= 0.3 is 0 Å². The summed E-state index contributed by atoms with van der Waals surface area (Å²) < 4.78 is 0. The molecule has 0 bridgehead atoms. The number of hydrogen-bond acceptors (Lipinski definition) is 2. The van der Waals surface area contributed by atoms with Gasteiger partial charge in [0, 0.05) is 25.3 Å². The molecule has 2 heteroatoms. The Hall–Kier alpha value is -1.02. The summed E-state index contributed by atoms with van der Waals surface area (Å²) in [6, 6.07) is 6.95. The summed E-state index contributed by atoms with van der Waals surface area (Å²) in [5.74, 6) is 1.74. The van der Waals surface area contributed by atoms with Gasteiger partial charge < -0.3 is 10.2 Å². The van der Waals surface area contributed by atoms with Crippen LogP contribution in [0.1, 0.15) is 44.2 Å². The van der Waals surface area contributed by atoms with E-state index < -0.39 is 0 Å². The second kappa shape index (κ2) is 7.12. The van der Waals surface area contributed by atoms with Crippen molar-refractivity contribution in [1.29, 1.82) is 0 Å². The van der Waals surface area contributed by atoms with Gasteiger partial charge in [0.05, 0.1) is 0 Å². The van der Waals surface area contributed by atoms with Gasteiger partial charge in [0.2, 0.25) is 0 Å². The van der Waals surface area contributed by atoms with E-state index >= 15 is 0 Å². The van der Waals surface area contributed by atoms with E-state index in [1.807, 2.05) is 7.05 Å². The van der Waals surface area contributed by atoms with Crippen molar-refractivity contribution in [2.45, 2.75) is 46.6 Å². The maximum Gasteiger partial charge on any atom is 0.0369 e. The molecule has 1 aliphatic rings. The summed E-state index contributed by atoms with van der Waals surface area (Å²) in [4.78, 5) is 2.58. The zero-order valence-electron chi connectivity index (χ0n) is 13.6. The first-order chi connectivity index (χ1) is 9.61. The van der Waals surface area contributed by atoms with E-state index in [1.54, 1.807) is 0 Å². The average Bonchev–Trinajstić information content (AvgIpc) is 2.67. The summed E-state index contributed by atoms with van der Waals surface area (Å²) in [6.07, 6.45) is 4.07. The molecule has 2 rings (SSSR count). The Labute approximate surface area is 124 Å². The molecule has 1 saturated heterocycles. The Balaban J connectivity index is 2.06. The van der Waals surface area contributed by atoms with Crippen LogP contribution >= 0.6 is 0 Å². The van der Waals surface area contributed by atoms with Gasteiger partial charge in [0.1, 0.15) is 0 Å². The highest BCUT2D eigenvalue weighted by molar-refractivity contribution is 5.51. The van der Waals surface area contributed by atoms with E-state index in [-0.39, 0.29) is 0 Å². The highest BCUT2D eigenvalue weighted by atomic mass is 15.1. The third-order valence-corrected chi connectivity index (χ3v) is 4.77. The molecule has 1 aliphatic heterocycles. The molecular weight excluding hydrogens is 244 g/mol. The van der Waals surface area contributed by atoms with Gasteiger partial charge in [-0.15, -0.1) is 0 Å². The van der Waals surface area contributed by atoms with Crippen LogP contribution in [-0.4, -0.2) is 20.1 Å². The Morgan fingerprint density at radius 1 is 1.25 bits per heavy atom. The van der Waals surface area contributed by atoms with Crippen LogP contribution in [0, 0.1) is 18.8 Å². The van der Waals surface area contributed by atoms with E-state index in [0.29, 0.717) is 0 Å². The maximum atomic E-state index is 3.24. The third-order valence-electron chi connectivity index (χ3n) is 4.77. The summed E-state index contributed by atoms with van der Waals surface area (Å²) in [6.45, 7) is 10.4. The van der Waals surface area contributed by atoms with Crippen LogP contribution in [0.25, 0.3) is 0 Å². The lowest BCUT2D eigenvalue weighted by molar-refractivity contribution is 0.351. The molecule has 0 amide bonds. The molecule has 0 saturated carbocycles. The number of nitrogens with zero attached hydrogens (tertiary/aromatic N) is 1. The summed E-state index contributed by atoms with van der Waals surface area (Å²) in [5, 5.41) is 3.24. The fourth-order valence-corrected chi connectivity index (χ4v) is 3.31. The van der Waals surface area contributed by atoms with E-state index in [0.717, 1.165) is 18.4 Å². The number of rotatable bonds is 4. The molecule has 0 aromatic heterocycles. The van der Waals surface area contributed by atoms with Gasteiger partial charge in [0.15, 0.2) is 0 Å². The first-order valence-electron chi connectivity index (χ1n) is 8.11. The van der Waals surface area contributed by atoms with Crippen LogP contribution in [0.4, 0.5) is 5.69 Å². The molecule has 1 atom stereocenters. The molecule has 1 fully saturated rings. The van der Waals surface area contributed by atoms with Gasteiger partial charge in [-0.3, -0.25) is 0 Å². The fourth-order valence-electron chi connectivity index (χ4n) is 3.31. The van der Waals surface area contributed by atoms with Crippen LogP contribution in [0.3, 0.4) is 0 Å². The largest absolute Gasteiger partial charge is 0.372 e. The molecule has 0 radical (unpaired) electrons. The molecule has 1 unspecified atom stereocenters. The van der Waals surface area contributed by atoms with Crippen molar-refractivity contribution >= 4 is 5.69 Å². The van der Waals surface area contributed by atoms with E-state index in [1.165, 1.54) is 49.2 Å². The zero-order chi connectivity index (χ0) is 14.5. The summed E-state index contributed by atoms with van der Waals surface area (Å²) in [7, 11) is 2.01. The van der Waals surface area contributed by atoms with Crippen LogP contribution in [-0.2, 0) is 6.54 Å². The van der Waals surface area contributed by atoms with Crippen molar-refractivity contribution in [3.63, 3.8) is 0 Å². The highest BCUT2D eigenvalue weighted by Gasteiger charge is 2.19. The minimum absolute atomic E-state index is 0.828. The molecular formula is C18H30N2. The number of aryl methyl sites for hydroxylation is 1. The quantitative estimate of drug-likeness (QED) is 0.893. The standard InChI is InChI=1S/C18H30N2/c1-14(2)16-6-5-10-20(11-9-16)18-8-7-17(13-19-4)15(3)12-18/h7-8,12,14,16,19H,5-6,9-11,13H2,1-4H3. The minimum Gasteiger partial charge on any atom is -0.372 e. The van der Waals surface area contributed by atoms with Gasteiger partial charge in [-0.2, -0.15) is 0 Å². The number of benzene rings is 1. The topological polar surface area (TPSA) is 15.3 Å². The fraction of sp³-hybridized carbons (Fsp3) is 0.667. The first-order valence-corrected chi connectivity index (χ1v) is 8.11. The smallest absolute Gasteiger partial charge is 0.0369 e. The lowest BCUT2D eigenvalue weighted by Gasteiger charge is -2.24. The van der Waals surface area contributed by atoms with Crippen molar-refractivity contribution in [3.05, 3.63) is 29.3 Å². The summed E-state index contributed by atoms with van der Waals surface area (Å²) in [5.41, 5.74) is 4.22. The normalized spacial score (nSPS) is 20.2. The van der Waals surface area contributed by atoms with Gasteiger partial charge in [-0.1, -0.05) is 19.9 Å². The van der Waals surface area contributed by atoms with Crippen molar-refractivity contribution < 1.29 is 0 Å². The maximum absolute atomic E-state index is 3.24. The average molecular weight is 274 g/mol. The lowest BCUT2D eigenvalue weighted by Crippen LogP contribution is -2.24. The number of hydrogen-bond donors (Lipinski definition) is 1. The molecule has 1 aromatic carbocycles. The monoisotopic (exact) mass is 274 g/mol. The Kier molecular flexibility index (Phi) is 5.47. The molecule has 1 heterocycles. The SMILES string of the molecule is CNCc1ccc(N2CCCC(C(C)C)CC2)cc1C. The first kappa shape index (κ1) is 15.4. The zero-order valence-corrected chi connectivity index (χ0v) is 13.6. The second-order valence-electron chi connectivity index (χ2n) is 6.56. The van der Waals surface area contributed by atoms with E-state index in [4.69, 9.17) is 0 Å². The van der Waals surface area contributed by atoms with Gasteiger partial charge in [-0.25, -0.2) is 0 Å². The van der Waals surface area contributed by atoms with Crippen LogP contribution in [0.2, 0.25) is 0 Å². The van der Waals surface area contributed by atoms with Crippen LogP contribution in [0.5, 0.6) is 0 Å². The molecule has 20 heavy (non-hydrogen) atoms. The molecule has 0 aliphatic carbocycles. The molecule has 2 nitrogen and oxygen atoms in total. The molecule has 0 spiro atoms. The Morgan fingerprint density at radius 2 is 2.05 bits per heavy atom. The van der Waals surface area contributed by atoms with Gasteiger partial charge in [-0.05, 0) is 68.3 Å². The molecule has 1 aromatic rings. The number of nitrogens with one attached hydrogen (secondary N) is 1. The molecule has 1 N–H and O–H groups in total. The minimum atomic E-state index is 0.828. The Bertz CT molecular complexity index is 425. The predicted molar refractivity (Wildman–Crippen MR) is 88.3 cm³/mol.